The zero-order valence-electron chi connectivity index (χ0n) is 7.56. The summed E-state index contributed by atoms with van der Waals surface area (Å²) in [5.74, 6) is 0. The molecule has 68 valence electrons. The molecule has 0 saturated heterocycles. The van der Waals surface area contributed by atoms with E-state index in [1.807, 2.05) is 19.2 Å². The van der Waals surface area contributed by atoms with Crippen LogP contribution in [-0.4, -0.2) is 15.0 Å². The van der Waals surface area contributed by atoms with Crippen molar-refractivity contribution in [2.75, 3.05) is 0 Å². The SMILES string of the molecule is Cc1ccc2c(n1)sc1ncncc12. The summed E-state index contributed by atoms with van der Waals surface area (Å²) < 4.78 is 0. The lowest BCUT2D eigenvalue weighted by atomic mass is 10.2. The van der Waals surface area contributed by atoms with E-state index in [1.165, 1.54) is 0 Å². The zero-order chi connectivity index (χ0) is 9.54. The van der Waals surface area contributed by atoms with Crippen LogP contribution < -0.4 is 0 Å². The topological polar surface area (TPSA) is 38.7 Å². The smallest absolute Gasteiger partial charge is 0.129 e. The molecule has 0 aliphatic carbocycles. The zero-order valence-corrected chi connectivity index (χ0v) is 8.38. The largest absolute Gasteiger partial charge is 0.244 e. The summed E-state index contributed by atoms with van der Waals surface area (Å²) in [5.41, 5.74) is 1.04. The van der Waals surface area contributed by atoms with E-state index in [9.17, 15) is 0 Å². The van der Waals surface area contributed by atoms with Gasteiger partial charge in [0.05, 0.1) is 0 Å². The van der Waals surface area contributed by atoms with Gasteiger partial charge in [-0.25, -0.2) is 15.0 Å². The van der Waals surface area contributed by atoms with E-state index >= 15 is 0 Å². The van der Waals surface area contributed by atoms with Crippen LogP contribution in [-0.2, 0) is 0 Å². The second kappa shape index (κ2) is 2.72. The number of hydrogen-bond donors (Lipinski definition) is 0. The molecule has 0 spiro atoms. The molecule has 0 radical (unpaired) electrons. The van der Waals surface area contributed by atoms with Crippen LogP contribution in [0.4, 0.5) is 0 Å². The van der Waals surface area contributed by atoms with Crippen LogP contribution in [0.3, 0.4) is 0 Å². The highest BCUT2D eigenvalue weighted by Gasteiger charge is 2.05. The molecule has 0 N–H and O–H groups in total. The summed E-state index contributed by atoms with van der Waals surface area (Å²) in [6, 6.07) is 4.10. The molecule has 3 aromatic heterocycles. The monoisotopic (exact) mass is 201 g/mol. The van der Waals surface area contributed by atoms with Gasteiger partial charge < -0.3 is 0 Å². The molecule has 3 nitrogen and oxygen atoms in total. The standard InChI is InChI=1S/C10H7N3S/c1-6-2-3-7-8-4-11-5-12-9(8)14-10(7)13-6/h2-5H,1H3. The first-order valence-corrected chi connectivity index (χ1v) is 5.12. The third-order valence-corrected chi connectivity index (χ3v) is 3.18. The summed E-state index contributed by atoms with van der Waals surface area (Å²) in [7, 11) is 0. The molecule has 0 aromatic carbocycles. The molecular weight excluding hydrogens is 194 g/mol. The highest BCUT2D eigenvalue weighted by molar-refractivity contribution is 7.25. The minimum absolute atomic E-state index is 1.01. The van der Waals surface area contributed by atoms with E-state index in [0.29, 0.717) is 0 Å². The number of thiophene rings is 1. The maximum Gasteiger partial charge on any atom is 0.129 e. The average molecular weight is 201 g/mol. The summed E-state index contributed by atoms with van der Waals surface area (Å²) in [5, 5.41) is 2.25. The maximum absolute atomic E-state index is 4.46. The van der Waals surface area contributed by atoms with E-state index in [-0.39, 0.29) is 0 Å². The fraction of sp³-hybridized carbons (Fsp3) is 0.100. The molecule has 0 amide bonds. The van der Waals surface area contributed by atoms with Crippen molar-refractivity contribution in [2.45, 2.75) is 6.92 Å². The molecular formula is C10H7N3S. The van der Waals surface area contributed by atoms with Crippen molar-refractivity contribution in [3.63, 3.8) is 0 Å². The van der Waals surface area contributed by atoms with Gasteiger partial charge in [-0.15, -0.1) is 0 Å². The number of nitrogens with zero attached hydrogens (tertiary/aromatic N) is 3. The predicted octanol–water partition coefficient (Wildman–Crippen LogP) is 2.55. The number of aromatic nitrogens is 3. The molecule has 0 saturated carbocycles. The molecule has 0 atom stereocenters. The van der Waals surface area contributed by atoms with Gasteiger partial charge in [0.2, 0.25) is 0 Å². The fourth-order valence-electron chi connectivity index (χ4n) is 1.49. The Morgan fingerprint density at radius 2 is 2.07 bits per heavy atom. The molecule has 0 unspecified atom stereocenters. The van der Waals surface area contributed by atoms with Gasteiger partial charge in [0.25, 0.3) is 0 Å². The first kappa shape index (κ1) is 7.82. The average Bonchev–Trinajstić information content (AvgIpc) is 2.54. The fourth-order valence-corrected chi connectivity index (χ4v) is 2.52. The first-order valence-electron chi connectivity index (χ1n) is 4.30. The van der Waals surface area contributed by atoms with Gasteiger partial charge in [0.15, 0.2) is 0 Å². The van der Waals surface area contributed by atoms with Crippen LogP contribution in [0.25, 0.3) is 20.4 Å². The Bertz CT molecular complexity index is 615. The molecule has 3 heterocycles. The van der Waals surface area contributed by atoms with Gasteiger partial charge in [-0.2, -0.15) is 0 Å². The minimum atomic E-state index is 1.01. The Hall–Kier alpha value is -1.55. The number of fused-ring (bicyclic) bond motifs is 3. The van der Waals surface area contributed by atoms with Crippen LogP contribution in [0.2, 0.25) is 0 Å². The molecule has 14 heavy (non-hydrogen) atoms. The van der Waals surface area contributed by atoms with Crippen molar-refractivity contribution in [3.8, 4) is 0 Å². The van der Waals surface area contributed by atoms with Crippen LogP contribution in [0.5, 0.6) is 0 Å². The predicted molar refractivity (Wildman–Crippen MR) is 57.5 cm³/mol. The van der Waals surface area contributed by atoms with Crippen molar-refractivity contribution in [2.24, 2.45) is 0 Å². The molecule has 3 rings (SSSR count). The highest BCUT2D eigenvalue weighted by Crippen LogP contribution is 2.30. The quantitative estimate of drug-likeness (QED) is 0.561. The molecule has 3 aromatic rings. The van der Waals surface area contributed by atoms with Crippen molar-refractivity contribution in [1.29, 1.82) is 0 Å². The van der Waals surface area contributed by atoms with Crippen LogP contribution in [0.1, 0.15) is 5.69 Å². The van der Waals surface area contributed by atoms with E-state index < -0.39 is 0 Å². The Morgan fingerprint density at radius 3 is 3.00 bits per heavy atom. The van der Waals surface area contributed by atoms with Crippen molar-refractivity contribution in [1.82, 2.24) is 15.0 Å². The van der Waals surface area contributed by atoms with Gasteiger partial charge in [-0.1, -0.05) is 11.3 Å². The second-order valence-electron chi connectivity index (χ2n) is 3.15. The van der Waals surface area contributed by atoms with Gasteiger partial charge in [-0.3, -0.25) is 0 Å². The van der Waals surface area contributed by atoms with E-state index in [1.54, 1.807) is 17.7 Å². The number of pyridine rings is 1. The summed E-state index contributed by atoms with van der Waals surface area (Å²) >= 11 is 1.61. The lowest BCUT2D eigenvalue weighted by Crippen LogP contribution is -1.77. The van der Waals surface area contributed by atoms with E-state index in [0.717, 1.165) is 26.1 Å². The first-order chi connectivity index (χ1) is 6.84. The van der Waals surface area contributed by atoms with Crippen LogP contribution in [0, 0.1) is 6.92 Å². The van der Waals surface area contributed by atoms with Crippen molar-refractivity contribution in [3.05, 3.63) is 30.4 Å². The Labute approximate surface area is 84.5 Å². The van der Waals surface area contributed by atoms with Crippen molar-refractivity contribution < 1.29 is 0 Å². The van der Waals surface area contributed by atoms with Gasteiger partial charge in [0, 0.05) is 22.7 Å². The third-order valence-electron chi connectivity index (χ3n) is 2.16. The number of rotatable bonds is 0. The van der Waals surface area contributed by atoms with E-state index in [2.05, 4.69) is 21.0 Å². The lowest BCUT2D eigenvalue weighted by molar-refractivity contribution is 1.24. The normalized spacial score (nSPS) is 11.2. The highest BCUT2D eigenvalue weighted by atomic mass is 32.1. The molecule has 0 bridgehead atoms. The lowest BCUT2D eigenvalue weighted by Gasteiger charge is -1.90. The number of aryl methyl sites for hydroxylation is 1. The summed E-state index contributed by atoms with van der Waals surface area (Å²) in [6.07, 6.45) is 3.42. The Balaban J connectivity index is 2.57. The Morgan fingerprint density at radius 1 is 1.14 bits per heavy atom. The minimum Gasteiger partial charge on any atom is -0.244 e. The Kier molecular flexibility index (Phi) is 1.52. The number of hydrogen-bond acceptors (Lipinski definition) is 4. The van der Waals surface area contributed by atoms with E-state index in [4.69, 9.17) is 0 Å². The second-order valence-corrected chi connectivity index (χ2v) is 4.13. The maximum atomic E-state index is 4.46. The molecule has 0 fully saturated rings. The molecule has 0 aliphatic heterocycles. The summed E-state index contributed by atoms with van der Waals surface area (Å²) in [6.45, 7) is 2.00. The molecule has 0 aliphatic rings. The summed E-state index contributed by atoms with van der Waals surface area (Å²) in [4.78, 5) is 14.8. The van der Waals surface area contributed by atoms with Crippen LogP contribution in [0.15, 0.2) is 24.7 Å². The van der Waals surface area contributed by atoms with Crippen molar-refractivity contribution >= 4 is 31.8 Å². The van der Waals surface area contributed by atoms with Gasteiger partial charge >= 0.3 is 0 Å². The van der Waals surface area contributed by atoms with Crippen LogP contribution >= 0.6 is 11.3 Å². The third kappa shape index (κ3) is 1.01. The van der Waals surface area contributed by atoms with Gasteiger partial charge in [-0.05, 0) is 19.1 Å². The molecule has 4 heteroatoms. The van der Waals surface area contributed by atoms with Gasteiger partial charge in [0.1, 0.15) is 16.0 Å².